The molecule has 1 N–H and O–H groups in total. The summed E-state index contributed by atoms with van der Waals surface area (Å²) in [6, 6.07) is 0.932. The number of nitrogens with zero attached hydrogens (tertiary/aromatic N) is 1. The fraction of sp³-hybridized carbons (Fsp3) is 1.00. The van der Waals surface area contributed by atoms with Crippen LogP contribution in [0.4, 0.5) is 0 Å². The standard InChI is InChI=1S/C15H32N2O2S/c1-6-13(5)14-11-17(8-9-20(18,19)7-2)15(10-16-14)12(3)4/h12-16H,6-11H2,1-5H3. The van der Waals surface area contributed by atoms with Crippen LogP contribution < -0.4 is 5.32 Å². The van der Waals surface area contributed by atoms with Crippen molar-refractivity contribution >= 4 is 9.84 Å². The van der Waals surface area contributed by atoms with Gasteiger partial charge in [0, 0.05) is 37.5 Å². The molecule has 1 saturated heterocycles. The first-order valence-corrected chi connectivity index (χ1v) is 9.80. The van der Waals surface area contributed by atoms with Crippen LogP contribution >= 0.6 is 0 Å². The van der Waals surface area contributed by atoms with Gasteiger partial charge in [-0.25, -0.2) is 8.42 Å². The van der Waals surface area contributed by atoms with Gasteiger partial charge in [-0.05, 0) is 11.8 Å². The topological polar surface area (TPSA) is 49.4 Å². The van der Waals surface area contributed by atoms with Crippen molar-refractivity contribution < 1.29 is 8.42 Å². The van der Waals surface area contributed by atoms with Crippen LogP contribution in [0.2, 0.25) is 0 Å². The Kier molecular flexibility index (Phi) is 6.95. The summed E-state index contributed by atoms with van der Waals surface area (Å²) in [4.78, 5) is 2.39. The molecule has 0 bridgehead atoms. The Balaban J connectivity index is 2.69. The average molecular weight is 305 g/mol. The molecule has 0 amide bonds. The Bertz CT molecular complexity index is 381. The molecule has 5 heteroatoms. The minimum atomic E-state index is -2.87. The zero-order valence-electron chi connectivity index (χ0n) is 13.7. The number of rotatable bonds is 7. The third kappa shape index (κ3) is 5.01. The predicted molar refractivity (Wildman–Crippen MR) is 85.8 cm³/mol. The van der Waals surface area contributed by atoms with E-state index in [1.54, 1.807) is 6.92 Å². The molecule has 120 valence electrons. The van der Waals surface area contributed by atoms with E-state index in [0.717, 1.165) is 19.5 Å². The van der Waals surface area contributed by atoms with E-state index in [1.807, 2.05) is 0 Å². The van der Waals surface area contributed by atoms with Crippen LogP contribution in [0.5, 0.6) is 0 Å². The van der Waals surface area contributed by atoms with Crippen LogP contribution in [0.15, 0.2) is 0 Å². The average Bonchev–Trinajstić information content (AvgIpc) is 2.43. The first-order chi connectivity index (χ1) is 9.30. The molecule has 0 saturated carbocycles. The minimum Gasteiger partial charge on any atom is -0.311 e. The van der Waals surface area contributed by atoms with E-state index in [0.29, 0.717) is 36.2 Å². The Labute approximate surface area is 125 Å². The Morgan fingerprint density at radius 1 is 1.25 bits per heavy atom. The fourth-order valence-corrected chi connectivity index (χ4v) is 3.64. The van der Waals surface area contributed by atoms with Crippen LogP contribution in [0, 0.1) is 11.8 Å². The highest BCUT2D eigenvalue weighted by Crippen LogP contribution is 2.19. The maximum Gasteiger partial charge on any atom is 0.151 e. The van der Waals surface area contributed by atoms with Gasteiger partial charge in [-0.15, -0.1) is 0 Å². The van der Waals surface area contributed by atoms with Crippen LogP contribution in [0.1, 0.15) is 41.0 Å². The summed E-state index contributed by atoms with van der Waals surface area (Å²) >= 11 is 0. The van der Waals surface area contributed by atoms with Crippen molar-refractivity contribution in [1.82, 2.24) is 10.2 Å². The van der Waals surface area contributed by atoms with Gasteiger partial charge in [-0.1, -0.05) is 41.0 Å². The largest absolute Gasteiger partial charge is 0.311 e. The van der Waals surface area contributed by atoms with Gasteiger partial charge >= 0.3 is 0 Å². The van der Waals surface area contributed by atoms with E-state index < -0.39 is 9.84 Å². The van der Waals surface area contributed by atoms with Crippen molar-refractivity contribution in [2.24, 2.45) is 11.8 Å². The minimum absolute atomic E-state index is 0.250. The molecule has 1 aliphatic heterocycles. The second kappa shape index (κ2) is 7.76. The third-order valence-corrected chi connectivity index (χ3v) is 6.40. The molecule has 1 heterocycles. The number of hydrogen-bond donors (Lipinski definition) is 1. The second-order valence-corrected chi connectivity index (χ2v) is 8.92. The zero-order chi connectivity index (χ0) is 15.3. The van der Waals surface area contributed by atoms with Gasteiger partial charge in [0.05, 0.1) is 5.75 Å². The number of sulfone groups is 1. The van der Waals surface area contributed by atoms with Crippen molar-refractivity contribution in [3.63, 3.8) is 0 Å². The normalized spacial score (nSPS) is 26.9. The Hall–Kier alpha value is -0.130. The van der Waals surface area contributed by atoms with Crippen molar-refractivity contribution in [1.29, 1.82) is 0 Å². The molecule has 20 heavy (non-hydrogen) atoms. The molecule has 3 atom stereocenters. The van der Waals surface area contributed by atoms with E-state index in [2.05, 4.69) is 37.9 Å². The molecule has 0 aliphatic carbocycles. The molecule has 0 spiro atoms. The van der Waals surface area contributed by atoms with Gasteiger partial charge in [-0.2, -0.15) is 0 Å². The maximum atomic E-state index is 11.7. The molecule has 0 aromatic heterocycles. The van der Waals surface area contributed by atoms with Crippen LogP contribution in [0.25, 0.3) is 0 Å². The summed E-state index contributed by atoms with van der Waals surface area (Å²) in [5, 5.41) is 3.65. The lowest BCUT2D eigenvalue weighted by molar-refractivity contribution is 0.0880. The number of hydrogen-bond acceptors (Lipinski definition) is 4. The van der Waals surface area contributed by atoms with Crippen LogP contribution in [-0.4, -0.2) is 56.5 Å². The zero-order valence-corrected chi connectivity index (χ0v) is 14.5. The Morgan fingerprint density at radius 2 is 1.90 bits per heavy atom. The molecular weight excluding hydrogens is 272 g/mol. The molecule has 0 radical (unpaired) electrons. The smallest absolute Gasteiger partial charge is 0.151 e. The van der Waals surface area contributed by atoms with Gasteiger partial charge in [-0.3, -0.25) is 4.90 Å². The lowest BCUT2D eigenvalue weighted by atomic mass is 9.92. The molecule has 1 fully saturated rings. The van der Waals surface area contributed by atoms with E-state index in [9.17, 15) is 8.42 Å². The highest BCUT2D eigenvalue weighted by atomic mass is 32.2. The number of piperazine rings is 1. The Morgan fingerprint density at radius 3 is 2.40 bits per heavy atom. The summed E-state index contributed by atoms with van der Waals surface area (Å²) in [6.07, 6.45) is 1.16. The lowest BCUT2D eigenvalue weighted by Crippen LogP contribution is -2.60. The SMILES string of the molecule is CCC(C)C1CN(CCS(=O)(=O)CC)C(C(C)C)CN1. The molecular formula is C15H32N2O2S. The summed E-state index contributed by atoms with van der Waals surface area (Å²) < 4.78 is 23.5. The lowest BCUT2D eigenvalue weighted by Gasteiger charge is -2.44. The van der Waals surface area contributed by atoms with Gasteiger partial charge < -0.3 is 5.32 Å². The van der Waals surface area contributed by atoms with Crippen LogP contribution in [-0.2, 0) is 9.84 Å². The molecule has 1 aliphatic rings. The van der Waals surface area contributed by atoms with E-state index in [-0.39, 0.29) is 5.75 Å². The van der Waals surface area contributed by atoms with Crippen molar-refractivity contribution in [3.8, 4) is 0 Å². The molecule has 0 aromatic rings. The quantitative estimate of drug-likeness (QED) is 0.779. The van der Waals surface area contributed by atoms with Gasteiger partial charge in [0.15, 0.2) is 9.84 Å². The highest BCUT2D eigenvalue weighted by Gasteiger charge is 2.32. The molecule has 3 unspecified atom stereocenters. The predicted octanol–water partition coefficient (Wildman–Crippen LogP) is 1.77. The van der Waals surface area contributed by atoms with Crippen molar-refractivity contribution in [3.05, 3.63) is 0 Å². The van der Waals surface area contributed by atoms with Crippen molar-refractivity contribution in [2.45, 2.75) is 53.1 Å². The summed E-state index contributed by atoms with van der Waals surface area (Å²) in [7, 11) is -2.87. The van der Waals surface area contributed by atoms with Gasteiger partial charge in [0.25, 0.3) is 0 Å². The molecule has 1 rings (SSSR count). The monoisotopic (exact) mass is 304 g/mol. The fourth-order valence-electron chi connectivity index (χ4n) is 2.83. The molecule has 0 aromatic carbocycles. The van der Waals surface area contributed by atoms with E-state index >= 15 is 0 Å². The summed E-state index contributed by atoms with van der Waals surface area (Å²) in [5.41, 5.74) is 0. The van der Waals surface area contributed by atoms with Crippen LogP contribution in [0.3, 0.4) is 0 Å². The summed E-state index contributed by atoms with van der Waals surface area (Å²) in [5.74, 6) is 1.72. The first kappa shape index (κ1) is 17.9. The molecule has 4 nitrogen and oxygen atoms in total. The second-order valence-electron chi connectivity index (χ2n) is 6.44. The van der Waals surface area contributed by atoms with Gasteiger partial charge in [0.2, 0.25) is 0 Å². The van der Waals surface area contributed by atoms with Gasteiger partial charge in [0.1, 0.15) is 0 Å². The number of nitrogens with one attached hydrogen (secondary N) is 1. The highest BCUT2D eigenvalue weighted by molar-refractivity contribution is 7.91. The van der Waals surface area contributed by atoms with Crippen molar-refractivity contribution in [2.75, 3.05) is 31.1 Å². The van der Waals surface area contributed by atoms with E-state index in [1.165, 1.54) is 0 Å². The third-order valence-electron chi connectivity index (χ3n) is 4.72. The summed E-state index contributed by atoms with van der Waals surface area (Å²) in [6.45, 7) is 13.3. The maximum absolute atomic E-state index is 11.7. The first-order valence-electron chi connectivity index (χ1n) is 7.98. The van der Waals surface area contributed by atoms with E-state index in [4.69, 9.17) is 0 Å².